The second kappa shape index (κ2) is 9.53. The van der Waals surface area contributed by atoms with E-state index in [1.54, 1.807) is 18.3 Å². The van der Waals surface area contributed by atoms with E-state index in [0.717, 1.165) is 47.7 Å². The van der Waals surface area contributed by atoms with Crippen molar-refractivity contribution in [2.45, 2.75) is 51.0 Å². The van der Waals surface area contributed by atoms with Gasteiger partial charge in [-0.3, -0.25) is 9.78 Å². The fourth-order valence-corrected chi connectivity index (χ4v) is 5.61. The van der Waals surface area contributed by atoms with Gasteiger partial charge in [0.15, 0.2) is 0 Å². The van der Waals surface area contributed by atoms with E-state index in [-0.39, 0.29) is 36.2 Å². The average Bonchev–Trinajstić information content (AvgIpc) is 3.23. The molecule has 0 N–H and O–H groups in total. The second-order valence-electron chi connectivity index (χ2n) is 9.59. The van der Waals surface area contributed by atoms with Crippen molar-refractivity contribution in [3.8, 4) is 0 Å². The van der Waals surface area contributed by atoms with Gasteiger partial charge in [0.1, 0.15) is 12.4 Å². The number of hydrogen-bond donors (Lipinski definition) is 0. The quantitative estimate of drug-likeness (QED) is 0.478. The van der Waals surface area contributed by atoms with E-state index in [1.165, 1.54) is 11.0 Å². The molecule has 0 unspecified atom stereocenters. The Morgan fingerprint density at radius 3 is 2.65 bits per heavy atom. The number of amides is 2. The number of cyclic esters (lactones) is 1. The summed E-state index contributed by atoms with van der Waals surface area (Å²) in [6.45, 7) is 2.18. The minimum Gasteiger partial charge on any atom is -0.447 e. The zero-order valence-corrected chi connectivity index (χ0v) is 19.3. The Kier molecular flexibility index (Phi) is 6.31. The van der Waals surface area contributed by atoms with Crippen molar-refractivity contribution in [1.82, 2.24) is 9.88 Å². The van der Waals surface area contributed by atoms with Gasteiger partial charge in [0.2, 0.25) is 5.91 Å². The van der Waals surface area contributed by atoms with Crippen molar-refractivity contribution >= 4 is 22.9 Å². The lowest BCUT2D eigenvalue weighted by Crippen LogP contribution is -2.45. The number of fused-ring (bicyclic) bond motifs is 1. The van der Waals surface area contributed by atoms with Gasteiger partial charge in [0.25, 0.3) is 0 Å². The zero-order valence-electron chi connectivity index (χ0n) is 19.3. The average molecular weight is 461 g/mol. The number of hydrogen-bond acceptors (Lipinski definition) is 4. The highest BCUT2D eigenvalue weighted by Crippen LogP contribution is 2.41. The molecule has 1 saturated heterocycles. The fourth-order valence-electron chi connectivity index (χ4n) is 5.61. The number of nitrogens with zero attached hydrogens (tertiary/aromatic N) is 2. The van der Waals surface area contributed by atoms with E-state index < -0.39 is 6.09 Å². The maximum atomic E-state index is 13.9. The molecule has 176 valence electrons. The highest BCUT2D eigenvalue weighted by molar-refractivity contribution is 5.94. The molecule has 0 bridgehead atoms. The Bertz CT molecular complexity index is 1190. The lowest BCUT2D eigenvalue weighted by Gasteiger charge is -2.34. The molecule has 1 aromatic heterocycles. The lowest BCUT2D eigenvalue weighted by molar-refractivity contribution is -0.135. The highest BCUT2D eigenvalue weighted by atomic mass is 19.1. The summed E-state index contributed by atoms with van der Waals surface area (Å²) >= 11 is 0. The molecule has 3 aromatic rings. The Morgan fingerprint density at radius 2 is 1.88 bits per heavy atom. The van der Waals surface area contributed by atoms with Crippen LogP contribution in [0.25, 0.3) is 10.9 Å². The third kappa shape index (κ3) is 4.41. The van der Waals surface area contributed by atoms with E-state index in [0.29, 0.717) is 12.3 Å². The van der Waals surface area contributed by atoms with Crippen molar-refractivity contribution in [3.05, 3.63) is 77.7 Å². The first-order valence-corrected chi connectivity index (χ1v) is 12.1. The summed E-state index contributed by atoms with van der Waals surface area (Å²) < 4.78 is 19.1. The lowest BCUT2D eigenvalue weighted by atomic mass is 9.73. The molecule has 5 nitrogen and oxygen atoms in total. The summed E-state index contributed by atoms with van der Waals surface area (Å²) in [5, 5.41) is 0.874. The highest BCUT2D eigenvalue weighted by Gasteiger charge is 2.42. The first kappa shape index (κ1) is 22.5. The third-order valence-electron chi connectivity index (χ3n) is 7.56. The van der Waals surface area contributed by atoms with Gasteiger partial charge in [0.05, 0.1) is 11.6 Å². The number of ether oxygens (including phenoxy) is 1. The number of pyridine rings is 1. The van der Waals surface area contributed by atoms with Crippen molar-refractivity contribution < 1.29 is 18.7 Å². The van der Waals surface area contributed by atoms with Crippen molar-refractivity contribution in [2.75, 3.05) is 6.61 Å². The van der Waals surface area contributed by atoms with Gasteiger partial charge in [-0.1, -0.05) is 37.3 Å². The molecular formula is C28H29FN2O3. The molecule has 34 heavy (non-hydrogen) atoms. The predicted octanol–water partition coefficient (Wildman–Crippen LogP) is 5.87. The molecule has 1 aliphatic heterocycles. The fraction of sp³-hybridized carbons (Fsp3) is 0.393. The van der Waals surface area contributed by atoms with E-state index in [2.05, 4.69) is 4.98 Å². The maximum absolute atomic E-state index is 13.9. The number of benzene rings is 2. The molecule has 6 heteroatoms. The first-order chi connectivity index (χ1) is 16.5. The van der Waals surface area contributed by atoms with Gasteiger partial charge < -0.3 is 4.74 Å². The van der Waals surface area contributed by atoms with Crippen LogP contribution in [0.2, 0.25) is 0 Å². The van der Waals surface area contributed by atoms with Crippen LogP contribution in [0.4, 0.5) is 9.18 Å². The van der Waals surface area contributed by atoms with Crippen LogP contribution >= 0.6 is 0 Å². The largest absolute Gasteiger partial charge is 0.447 e. The van der Waals surface area contributed by atoms with Crippen LogP contribution in [-0.4, -0.2) is 34.5 Å². The summed E-state index contributed by atoms with van der Waals surface area (Å²) in [4.78, 5) is 31.6. The molecule has 1 aliphatic carbocycles. The van der Waals surface area contributed by atoms with E-state index in [4.69, 9.17) is 4.74 Å². The predicted molar refractivity (Wildman–Crippen MR) is 128 cm³/mol. The van der Waals surface area contributed by atoms with Crippen LogP contribution in [0.1, 0.15) is 49.7 Å². The third-order valence-corrected chi connectivity index (χ3v) is 7.56. The normalized spacial score (nSPS) is 23.6. The van der Waals surface area contributed by atoms with Crippen molar-refractivity contribution in [2.24, 2.45) is 11.8 Å². The minimum absolute atomic E-state index is 0.136. The molecule has 2 fully saturated rings. The van der Waals surface area contributed by atoms with Gasteiger partial charge in [-0.2, -0.15) is 0 Å². The number of rotatable bonds is 5. The molecule has 2 atom stereocenters. The number of carbonyl (C=O) groups excluding carboxylic acids is 2. The molecule has 2 aromatic carbocycles. The monoisotopic (exact) mass is 460 g/mol. The standard InChI is InChI=1S/C28H29FN2O3/c1-18(27(32)31-23(17-34-28(31)33)15-19-5-3-2-4-6-19)20-7-9-21(10-8-20)24-13-14-30-26-12-11-22(29)16-25(24)26/h2-6,11-14,16,18,20-21,23H,7-10,15,17H2,1H3/t18-,20?,21?,23-/m0/s1. The van der Waals surface area contributed by atoms with Gasteiger partial charge in [-0.25, -0.2) is 14.1 Å². The Hall–Kier alpha value is -3.28. The smallest absolute Gasteiger partial charge is 0.416 e. The zero-order chi connectivity index (χ0) is 23.7. The summed E-state index contributed by atoms with van der Waals surface area (Å²) in [6.07, 6.45) is 5.50. The molecule has 2 aliphatic rings. The molecule has 0 radical (unpaired) electrons. The van der Waals surface area contributed by atoms with Crippen LogP contribution in [0.15, 0.2) is 60.8 Å². The Morgan fingerprint density at radius 1 is 1.12 bits per heavy atom. The van der Waals surface area contributed by atoms with Gasteiger partial charge >= 0.3 is 6.09 Å². The number of aromatic nitrogens is 1. The molecule has 5 rings (SSSR count). The first-order valence-electron chi connectivity index (χ1n) is 12.1. The van der Waals surface area contributed by atoms with Gasteiger partial charge in [-0.15, -0.1) is 0 Å². The van der Waals surface area contributed by atoms with Gasteiger partial charge in [0, 0.05) is 17.5 Å². The van der Waals surface area contributed by atoms with Crippen LogP contribution in [-0.2, 0) is 16.0 Å². The summed E-state index contributed by atoms with van der Waals surface area (Å²) in [6, 6.07) is 16.3. The number of halogens is 1. The van der Waals surface area contributed by atoms with Crippen LogP contribution < -0.4 is 0 Å². The van der Waals surface area contributed by atoms with Gasteiger partial charge in [-0.05, 0) is 79.3 Å². The van der Waals surface area contributed by atoms with E-state index in [9.17, 15) is 14.0 Å². The Labute approximate surface area is 198 Å². The number of imide groups is 1. The summed E-state index contributed by atoms with van der Waals surface area (Å²) in [5.41, 5.74) is 3.02. The summed E-state index contributed by atoms with van der Waals surface area (Å²) in [7, 11) is 0. The van der Waals surface area contributed by atoms with E-state index in [1.807, 2.05) is 43.3 Å². The molecule has 2 amide bonds. The second-order valence-corrected chi connectivity index (χ2v) is 9.59. The number of carbonyl (C=O) groups is 2. The minimum atomic E-state index is -0.531. The van der Waals surface area contributed by atoms with Crippen LogP contribution in [0.3, 0.4) is 0 Å². The molecular weight excluding hydrogens is 431 g/mol. The Balaban J connectivity index is 1.26. The molecule has 0 spiro atoms. The van der Waals surface area contributed by atoms with Crippen LogP contribution in [0.5, 0.6) is 0 Å². The molecule has 2 heterocycles. The van der Waals surface area contributed by atoms with Crippen molar-refractivity contribution in [3.63, 3.8) is 0 Å². The van der Waals surface area contributed by atoms with E-state index >= 15 is 0 Å². The topological polar surface area (TPSA) is 59.5 Å². The molecule has 1 saturated carbocycles. The maximum Gasteiger partial charge on any atom is 0.416 e. The van der Waals surface area contributed by atoms with Crippen LogP contribution in [0, 0.1) is 17.7 Å². The SMILES string of the molecule is C[C@H](C(=O)N1C(=O)OC[C@@H]1Cc1ccccc1)C1CCC(c2ccnc3ccc(F)cc23)CC1. The summed E-state index contributed by atoms with van der Waals surface area (Å²) in [5.74, 6) is -0.121. The van der Waals surface area contributed by atoms with Crippen molar-refractivity contribution in [1.29, 1.82) is 0 Å².